The Bertz CT molecular complexity index is 352. The van der Waals surface area contributed by atoms with E-state index in [1.165, 1.54) is 12.2 Å². The van der Waals surface area contributed by atoms with E-state index in [0.717, 1.165) is 10.4 Å². The lowest BCUT2D eigenvalue weighted by molar-refractivity contribution is -0.103. The zero-order chi connectivity index (χ0) is 8.81. The minimum atomic E-state index is 0.706. The third-order valence-corrected chi connectivity index (χ3v) is 1.49. The lowest BCUT2D eigenvalue weighted by Crippen LogP contribution is -2.23. The van der Waals surface area contributed by atoms with Crippen LogP contribution in [-0.4, -0.2) is 12.6 Å². The van der Waals surface area contributed by atoms with Gasteiger partial charge in [-0.1, -0.05) is 24.3 Å². The second kappa shape index (κ2) is 4.23. The molecule has 0 heterocycles. The van der Waals surface area contributed by atoms with Crippen LogP contribution in [0.3, 0.4) is 0 Å². The fourth-order valence-corrected chi connectivity index (χ4v) is 0.961. The van der Waals surface area contributed by atoms with Gasteiger partial charge in [-0.15, -0.1) is 0 Å². The Morgan fingerprint density at radius 2 is 1.25 bits per heavy atom. The predicted molar refractivity (Wildman–Crippen MR) is 46.8 cm³/mol. The maximum Gasteiger partial charge on any atom is 0.143 e. The quantitative estimate of drug-likeness (QED) is 0.554. The summed E-state index contributed by atoms with van der Waals surface area (Å²) in [6.07, 6.45) is 4.26. The van der Waals surface area contributed by atoms with E-state index in [4.69, 9.17) is 0 Å². The summed E-state index contributed by atoms with van der Waals surface area (Å²) in [6, 6.07) is 7.20. The predicted octanol–water partition coefficient (Wildman–Crippen LogP) is -0.355. The summed E-state index contributed by atoms with van der Waals surface area (Å²) in [5.74, 6) is 0. The van der Waals surface area contributed by atoms with E-state index < -0.39 is 0 Å². The van der Waals surface area contributed by atoms with E-state index in [0.29, 0.717) is 12.6 Å². The van der Waals surface area contributed by atoms with Crippen molar-refractivity contribution in [3.05, 3.63) is 34.7 Å². The Morgan fingerprint density at radius 3 is 1.58 bits per heavy atom. The van der Waals surface area contributed by atoms with Crippen LogP contribution < -0.4 is 10.4 Å². The van der Waals surface area contributed by atoms with Gasteiger partial charge in [-0.3, -0.25) is 9.59 Å². The first-order valence-electron chi connectivity index (χ1n) is 3.54. The molecule has 0 aliphatic carbocycles. The van der Waals surface area contributed by atoms with Crippen LogP contribution in [0.2, 0.25) is 0 Å². The van der Waals surface area contributed by atoms with Crippen LogP contribution >= 0.6 is 0 Å². The van der Waals surface area contributed by atoms with Crippen molar-refractivity contribution in [1.29, 1.82) is 0 Å². The average Bonchev–Trinajstić information content (AvgIpc) is 2.09. The van der Waals surface area contributed by atoms with Crippen molar-refractivity contribution in [2.24, 2.45) is 0 Å². The molecule has 0 aromatic heterocycles. The third-order valence-electron chi connectivity index (χ3n) is 1.49. The summed E-state index contributed by atoms with van der Waals surface area (Å²) in [5, 5.41) is 1.53. The van der Waals surface area contributed by atoms with Crippen molar-refractivity contribution in [3.8, 4) is 0 Å². The highest BCUT2D eigenvalue weighted by molar-refractivity contribution is 5.89. The van der Waals surface area contributed by atoms with Crippen LogP contribution in [0, 0.1) is 0 Å². The molecule has 0 N–H and O–H groups in total. The Balaban J connectivity index is 3.47. The molecule has 1 aromatic carbocycles. The van der Waals surface area contributed by atoms with Crippen molar-refractivity contribution in [3.63, 3.8) is 0 Å². The molecular formula is C10H8O2. The lowest BCUT2D eigenvalue weighted by Gasteiger charge is -1.84. The maximum absolute atomic E-state index is 10.2. The molecule has 0 radical (unpaired) electrons. The Morgan fingerprint density at radius 1 is 0.833 bits per heavy atom. The summed E-state index contributed by atoms with van der Waals surface area (Å²) in [4.78, 5) is 20.3. The van der Waals surface area contributed by atoms with Crippen molar-refractivity contribution in [2.45, 2.75) is 0 Å². The molecule has 0 saturated carbocycles. The smallest absolute Gasteiger partial charge is 0.143 e. The number of benzene rings is 1. The van der Waals surface area contributed by atoms with E-state index in [2.05, 4.69) is 0 Å². The number of hydrogen-bond acceptors (Lipinski definition) is 2. The summed E-state index contributed by atoms with van der Waals surface area (Å²) >= 11 is 0. The molecule has 60 valence electrons. The highest BCUT2D eigenvalue weighted by atomic mass is 16.1. The lowest BCUT2D eigenvalue weighted by atomic mass is 10.2. The third kappa shape index (κ3) is 1.89. The molecule has 0 amide bonds. The van der Waals surface area contributed by atoms with Crippen LogP contribution in [0.1, 0.15) is 0 Å². The summed E-state index contributed by atoms with van der Waals surface area (Å²) in [6.45, 7) is 0. The molecule has 0 bridgehead atoms. The molecule has 1 aromatic rings. The van der Waals surface area contributed by atoms with Gasteiger partial charge < -0.3 is 0 Å². The SMILES string of the molecule is O=C/C=c1/cccc/c1=C/C=O. The second-order valence-electron chi connectivity index (χ2n) is 2.23. The maximum atomic E-state index is 10.2. The number of aldehydes is 2. The van der Waals surface area contributed by atoms with Gasteiger partial charge in [0.05, 0.1) is 0 Å². The molecule has 0 spiro atoms. The van der Waals surface area contributed by atoms with Gasteiger partial charge in [0.25, 0.3) is 0 Å². The van der Waals surface area contributed by atoms with Crippen LogP contribution in [-0.2, 0) is 9.59 Å². The zero-order valence-corrected chi connectivity index (χ0v) is 6.44. The second-order valence-corrected chi connectivity index (χ2v) is 2.23. The van der Waals surface area contributed by atoms with Crippen molar-refractivity contribution >= 4 is 24.7 Å². The first-order chi connectivity index (χ1) is 5.88. The van der Waals surface area contributed by atoms with Crippen molar-refractivity contribution in [1.82, 2.24) is 0 Å². The van der Waals surface area contributed by atoms with E-state index in [1.54, 1.807) is 12.1 Å². The molecule has 0 atom stereocenters. The largest absolute Gasteiger partial charge is 0.299 e. The van der Waals surface area contributed by atoms with Gasteiger partial charge in [-0.25, -0.2) is 0 Å². The Kier molecular flexibility index (Phi) is 2.96. The van der Waals surface area contributed by atoms with E-state index in [9.17, 15) is 9.59 Å². The van der Waals surface area contributed by atoms with Gasteiger partial charge in [0.1, 0.15) is 12.6 Å². The van der Waals surface area contributed by atoms with E-state index in [1.807, 2.05) is 12.1 Å². The standard InChI is InChI=1S/C10H8O2/c11-7-5-9-3-1-2-4-10(9)6-8-12/h1-8H/b9-5-,10-6-. The van der Waals surface area contributed by atoms with Gasteiger partial charge in [0, 0.05) is 0 Å². The van der Waals surface area contributed by atoms with Gasteiger partial charge in [0.2, 0.25) is 0 Å². The minimum Gasteiger partial charge on any atom is -0.299 e. The topological polar surface area (TPSA) is 34.1 Å². The van der Waals surface area contributed by atoms with Crippen molar-refractivity contribution in [2.75, 3.05) is 0 Å². The van der Waals surface area contributed by atoms with Gasteiger partial charge in [-0.2, -0.15) is 0 Å². The monoisotopic (exact) mass is 160 g/mol. The minimum absolute atomic E-state index is 0.706. The van der Waals surface area contributed by atoms with Crippen molar-refractivity contribution < 1.29 is 9.59 Å². The number of carbonyl (C=O) groups excluding carboxylic acids is 2. The van der Waals surface area contributed by atoms with Crippen LogP contribution in [0.5, 0.6) is 0 Å². The number of rotatable bonds is 2. The molecule has 0 fully saturated rings. The summed E-state index contributed by atoms with van der Waals surface area (Å²) < 4.78 is 0. The van der Waals surface area contributed by atoms with E-state index >= 15 is 0 Å². The van der Waals surface area contributed by atoms with Gasteiger partial charge in [0.15, 0.2) is 0 Å². The van der Waals surface area contributed by atoms with Crippen LogP contribution in [0.25, 0.3) is 12.2 Å². The van der Waals surface area contributed by atoms with E-state index in [-0.39, 0.29) is 0 Å². The molecule has 0 unspecified atom stereocenters. The molecule has 0 aliphatic rings. The van der Waals surface area contributed by atoms with Crippen LogP contribution in [0.15, 0.2) is 24.3 Å². The first-order valence-corrected chi connectivity index (χ1v) is 3.54. The van der Waals surface area contributed by atoms with Crippen LogP contribution in [0.4, 0.5) is 0 Å². The highest BCUT2D eigenvalue weighted by Crippen LogP contribution is 1.70. The fourth-order valence-electron chi connectivity index (χ4n) is 0.961. The summed E-state index contributed by atoms with van der Waals surface area (Å²) in [7, 11) is 0. The van der Waals surface area contributed by atoms with Gasteiger partial charge in [-0.05, 0) is 22.6 Å². The number of hydrogen-bond donors (Lipinski definition) is 0. The Labute approximate surface area is 69.8 Å². The average molecular weight is 160 g/mol. The molecule has 0 saturated heterocycles. The molecule has 2 nitrogen and oxygen atoms in total. The normalized spacial score (nSPS) is 13.0. The fraction of sp³-hybridized carbons (Fsp3) is 0. The van der Waals surface area contributed by atoms with Gasteiger partial charge >= 0.3 is 0 Å². The molecular weight excluding hydrogens is 152 g/mol. The summed E-state index contributed by atoms with van der Waals surface area (Å²) in [5.41, 5.74) is 0. The highest BCUT2D eigenvalue weighted by Gasteiger charge is 1.81. The molecule has 12 heavy (non-hydrogen) atoms. The zero-order valence-electron chi connectivity index (χ0n) is 6.44. The molecule has 0 aliphatic heterocycles. The first kappa shape index (κ1) is 8.40. The Hall–Kier alpha value is -1.70. The molecule has 1 rings (SSSR count). The molecule has 2 heteroatoms. The number of carbonyl (C=O) groups is 2.